The second kappa shape index (κ2) is 6.61. The molecule has 0 spiro atoms. The Balaban J connectivity index is 1.91. The molecule has 1 atom stereocenters. The van der Waals surface area contributed by atoms with Crippen LogP contribution in [-0.2, 0) is 0 Å². The molecule has 4 nitrogen and oxygen atoms in total. The maximum absolute atomic E-state index is 10.6. The molecule has 0 bridgehead atoms. The summed E-state index contributed by atoms with van der Waals surface area (Å²) in [7, 11) is 0. The van der Waals surface area contributed by atoms with E-state index in [-0.39, 0.29) is 11.8 Å². The zero-order valence-electron chi connectivity index (χ0n) is 13.5. The summed E-state index contributed by atoms with van der Waals surface area (Å²) in [6, 6.07) is 23.2. The van der Waals surface area contributed by atoms with E-state index in [1.807, 2.05) is 60.7 Å². The normalized spacial score (nSPS) is 12.0. The van der Waals surface area contributed by atoms with Crippen LogP contribution in [0.1, 0.15) is 17.2 Å². The molecular weight excluding hydrogens is 310 g/mol. The van der Waals surface area contributed by atoms with E-state index in [0.29, 0.717) is 5.95 Å². The molecule has 2 N–H and O–H groups in total. The van der Waals surface area contributed by atoms with Crippen molar-refractivity contribution in [3.05, 3.63) is 96.3 Å². The Hall–Kier alpha value is -3.40. The van der Waals surface area contributed by atoms with Crippen LogP contribution in [0.4, 0.5) is 5.95 Å². The molecule has 0 aliphatic rings. The molecule has 0 fully saturated rings. The van der Waals surface area contributed by atoms with Crippen molar-refractivity contribution in [1.29, 1.82) is 0 Å². The molecule has 0 aliphatic carbocycles. The van der Waals surface area contributed by atoms with Crippen molar-refractivity contribution in [2.24, 2.45) is 0 Å². The molecule has 1 aromatic heterocycles. The molecule has 0 aliphatic heterocycles. The Labute approximate surface area is 145 Å². The van der Waals surface area contributed by atoms with Gasteiger partial charge in [-0.25, -0.2) is 9.97 Å². The van der Waals surface area contributed by atoms with E-state index in [1.54, 1.807) is 24.5 Å². The SMILES string of the molecule is Oc1ccc2ccccc2c1C(Nc1ncccn1)c1ccccc1. The number of hydrogen-bond donors (Lipinski definition) is 2. The first-order valence-electron chi connectivity index (χ1n) is 8.12. The molecule has 1 heterocycles. The van der Waals surface area contributed by atoms with Gasteiger partial charge in [0.2, 0.25) is 5.95 Å². The van der Waals surface area contributed by atoms with Gasteiger partial charge in [0.05, 0.1) is 6.04 Å². The summed E-state index contributed by atoms with van der Waals surface area (Å²) in [4.78, 5) is 8.55. The zero-order chi connectivity index (χ0) is 17.1. The van der Waals surface area contributed by atoms with E-state index in [1.165, 1.54) is 0 Å². The number of nitrogens with one attached hydrogen (secondary N) is 1. The number of rotatable bonds is 4. The number of anilines is 1. The van der Waals surface area contributed by atoms with Gasteiger partial charge in [-0.3, -0.25) is 0 Å². The maximum Gasteiger partial charge on any atom is 0.223 e. The third-order valence-corrected chi connectivity index (χ3v) is 4.21. The van der Waals surface area contributed by atoms with E-state index in [2.05, 4.69) is 15.3 Å². The van der Waals surface area contributed by atoms with Crippen LogP contribution >= 0.6 is 0 Å². The van der Waals surface area contributed by atoms with Crippen molar-refractivity contribution in [3.63, 3.8) is 0 Å². The monoisotopic (exact) mass is 327 g/mol. The zero-order valence-corrected chi connectivity index (χ0v) is 13.5. The topological polar surface area (TPSA) is 58.0 Å². The van der Waals surface area contributed by atoms with Gasteiger partial charge in [-0.1, -0.05) is 60.7 Å². The van der Waals surface area contributed by atoms with Gasteiger partial charge >= 0.3 is 0 Å². The highest BCUT2D eigenvalue weighted by Gasteiger charge is 2.21. The van der Waals surface area contributed by atoms with E-state index < -0.39 is 0 Å². The van der Waals surface area contributed by atoms with Crippen molar-refractivity contribution < 1.29 is 5.11 Å². The van der Waals surface area contributed by atoms with Crippen LogP contribution in [0.5, 0.6) is 5.75 Å². The number of fused-ring (bicyclic) bond motifs is 1. The number of aromatic hydroxyl groups is 1. The van der Waals surface area contributed by atoms with Crippen LogP contribution in [0, 0.1) is 0 Å². The van der Waals surface area contributed by atoms with Gasteiger partial charge in [0.1, 0.15) is 5.75 Å². The highest BCUT2D eigenvalue weighted by Crippen LogP contribution is 2.37. The summed E-state index contributed by atoms with van der Waals surface area (Å²) < 4.78 is 0. The minimum Gasteiger partial charge on any atom is -0.508 e. The maximum atomic E-state index is 10.6. The minimum absolute atomic E-state index is 0.246. The van der Waals surface area contributed by atoms with E-state index in [4.69, 9.17) is 0 Å². The second-order valence-electron chi connectivity index (χ2n) is 5.78. The summed E-state index contributed by atoms with van der Waals surface area (Å²) in [5, 5.41) is 16.1. The minimum atomic E-state index is -0.269. The van der Waals surface area contributed by atoms with Gasteiger partial charge in [-0.15, -0.1) is 0 Å². The molecule has 122 valence electrons. The largest absolute Gasteiger partial charge is 0.508 e. The number of phenols is 1. The molecule has 3 aromatic carbocycles. The molecular formula is C21H17N3O. The predicted octanol–water partition coefficient (Wildman–Crippen LogP) is 4.54. The summed E-state index contributed by atoms with van der Waals surface area (Å²) >= 11 is 0. The Morgan fingerprint density at radius 3 is 2.28 bits per heavy atom. The number of aromatic nitrogens is 2. The molecule has 4 aromatic rings. The van der Waals surface area contributed by atoms with Crippen molar-refractivity contribution in [2.45, 2.75) is 6.04 Å². The van der Waals surface area contributed by atoms with Crippen molar-refractivity contribution >= 4 is 16.7 Å². The second-order valence-corrected chi connectivity index (χ2v) is 5.78. The molecule has 0 amide bonds. The van der Waals surface area contributed by atoms with Crippen LogP contribution in [0.15, 0.2) is 85.2 Å². The molecule has 0 radical (unpaired) electrons. The first-order chi connectivity index (χ1) is 12.3. The van der Waals surface area contributed by atoms with Gasteiger partial charge in [0.15, 0.2) is 0 Å². The molecule has 4 rings (SSSR count). The predicted molar refractivity (Wildman–Crippen MR) is 99.6 cm³/mol. The van der Waals surface area contributed by atoms with Crippen molar-refractivity contribution in [3.8, 4) is 5.75 Å². The lowest BCUT2D eigenvalue weighted by Gasteiger charge is -2.22. The fourth-order valence-electron chi connectivity index (χ4n) is 3.06. The molecule has 0 saturated carbocycles. The molecule has 4 heteroatoms. The van der Waals surface area contributed by atoms with Crippen LogP contribution in [0.3, 0.4) is 0 Å². The van der Waals surface area contributed by atoms with Crippen molar-refractivity contribution in [2.75, 3.05) is 5.32 Å². The average molecular weight is 327 g/mol. The fourth-order valence-corrected chi connectivity index (χ4v) is 3.06. The lowest BCUT2D eigenvalue weighted by atomic mass is 9.93. The first kappa shape index (κ1) is 15.1. The molecule has 1 unspecified atom stereocenters. The van der Waals surface area contributed by atoms with Crippen LogP contribution in [0.2, 0.25) is 0 Å². The first-order valence-corrected chi connectivity index (χ1v) is 8.12. The van der Waals surface area contributed by atoms with Gasteiger partial charge < -0.3 is 10.4 Å². The van der Waals surface area contributed by atoms with Gasteiger partial charge in [0.25, 0.3) is 0 Å². The Kier molecular flexibility index (Phi) is 4.01. The van der Waals surface area contributed by atoms with Gasteiger partial charge in [0, 0.05) is 18.0 Å². The number of hydrogen-bond acceptors (Lipinski definition) is 4. The Morgan fingerprint density at radius 1 is 0.760 bits per heavy atom. The highest BCUT2D eigenvalue weighted by atomic mass is 16.3. The highest BCUT2D eigenvalue weighted by molar-refractivity contribution is 5.89. The number of benzene rings is 3. The quantitative estimate of drug-likeness (QED) is 0.578. The fraction of sp³-hybridized carbons (Fsp3) is 0.0476. The third-order valence-electron chi connectivity index (χ3n) is 4.21. The van der Waals surface area contributed by atoms with E-state index in [0.717, 1.165) is 21.9 Å². The molecule has 0 saturated heterocycles. The van der Waals surface area contributed by atoms with E-state index in [9.17, 15) is 5.11 Å². The summed E-state index contributed by atoms with van der Waals surface area (Å²) in [6.07, 6.45) is 3.39. The van der Waals surface area contributed by atoms with Crippen LogP contribution in [0.25, 0.3) is 10.8 Å². The lowest BCUT2D eigenvalue weighted by Crippen LogP contribution is -2.14. The lowest BCUT2D eigenvalue weighted by molar-refractivity contribution is 0.468. The molecule has 25 heavy (non-hydrogen) atoms. The van der Waals surface area contributed by atoms with Crippen LogP contribution in [-0.4, -0.2) is 15.1 Å². The Bertz CT molecular complexity index is 988. The Morgan fingerprint density at radius 2 is 1.48 bits per heavy atom. The van der Waals surface area contributed by atoms with Crippen LogP contribution < -0.4 is 5.32 Å². The summed E-state index contributed by atoms with van der Waals surface area (Å²) in [5.74, 6) is 0.764. The number of phenolic OH excluding ortho intramolecular Hbond substituents is 1. The number of nitrogens with zero attached hydrogens (tertiary/aromatic N) is 2. The summed E-state index contributed by atoms with van der Waals surface area (Å²) in [6.45, 7) is 0. The van der Waals surface area contributed by atoms with Gasteiger partial charge in [-0.05, 0) is 28.5 Å². The third kappa shape index (κ3) is 3.02. The van der Waals surface area contributed by atoms with Gasteiger partial charge in [-0.2, -0.15) is 0 Å². The van der Waals surface area contributed by atoms with E-state index >= 15 is 0 Å². The standard InChI is InChI=1S/C21H17N3O/c25-18-12-11-15-7-4-5-10-17(15)19(18)20(16-8-2-1-3-9-16)24-21-22-13-6-14-23-21/h1-14,20,25H,(H,22,23,24). The van der Waals surface area contributed by atoms with Crippen molar-refractivity contribution in [1.82, 2.24) is 9.97 Å². The summed E-state index contributed by atoms with van der Waals surface area (Å²) in [5.41, 5.74) is 1.85. The smallest absolute Gasteiger partial charge is 0.223 e. The average Bonchev–Trinajstić information content (AvgIpc) is 2.68.